The van der Waals surface area contributed by atoms with Gasteiger partial charge < -0.3 is 19.1 Å². The second kappa shape index (κ2) is 9.72. The third-order valence-corrected chi connectivity index (χ3v) is 7.49. The summed E-state index contributed by atoms with van der Waals surface area (Å²) in [6.45, 7) is 12.6. The van der Waals surface area contributed by atoms with E-state index in [-0.39, 0.29) is 21.4 Å². The van der Waals surface area contributed by atoms with E-state index in [4.69, 9.17) is 14.0 Å². The van der Waals surface area contributed by atoms with Gasteiger partial charge in [0.15, 0.2) is 5.60 Å². The first-order valence-electron chi connectivity index (χ1n) is 11.9. The summed E-state index contributed by atoms with van der Waals surface area (Å²) in [7, 11) is 0.278. The van der Waals surface area contributed by atoms with E-state index in [1.165, 1.54) is 0 Å². The minimum absolute atomic E-state index is 0.0350. The zero-order chi connectivity index (χ0) is 25.3. The molecule has 3 aromatic rings. The third kappa shape index (κ3) is 5.58. The van der Waals surface area contributed by atoms with Crippen LogP contribution in [0.4, 0.5) is 0 Å². The zero-order valence-electron chi connectivity index (χ0n) is 21.4. The fourth-order valence-electron chi connectivity index (χ4n) is 4.02. The highest BCUT2D eigenvalue weighted by Crippen LogP contribution is 2.39. The molecule has 184 valence electrons. The van der Waals surface area contributed by atoms with Crippen molar-refractivity contribution in [1.29, 1.82) is 0 Å². The maximum absolute atomic E-state index is 10.3. The molecule has 1 aromatic heterocycles. The summed E-state index contributed by atoms with van der Waals surface area (Å²) < 4.78 is 12.3. The number of pyridine rings is 1. The standard InChI is InChI=1S/C28H34N2O4Si/c1-19-15-21(23-9-7-8-10-24(23)29-19)17-32-22-13-11-20(12-14-22)25-16-28(18-31,33-30-25)27(5,6)34-35-26(2,3)4/h7-15,31H,16-18H2,1-6H3. The Hall–Kier alpha value is -2.74. The van der Waals surface area contributed by atoms with Crippen molar-refractivity contribution in [2.75, 3.05) is 6.61 Å². The maximum atomic E-state index is 10.3. The summed E-state index contributed by atoms with van der Waals surface area (Å²) in [5.74, 6) is 0.773. The number of aryl methyl sites for hydroxylation is 1. The van der Waals surface area contributed by atoms with E-state index in [2.05, 4.69) is 43.0 Å². The van der Waals surface area contributed by atoms with Crippen LogP contribution in [0.1, 0.15) is 57.9 Å². The summed E-state index contributed by atoms with van der Waals surface area (Å²) in [5.41, 5.74) is 3.16. The monoisotopic (exact) mass is 490 g/mol. The van der Waals surface area contributed by atoms with Gasteiger partial charge in [0.05, 0.1) is 23.4 Å². The highest BCUT2D eigenvalue weighted by Gasteiger charge is 2.52. The Labute approximate surface area is 210 Å². The van der Waals surface area contributed by atoms with Gasteiger partial charge in [-0.3, -0.25) is 4.98 Å². The van der Waals surface area contributed by atoms with Gasteiger partial charge in [-0.1, -0.05) is 44.1 Å². The van der Waals surface area contributed by atoms with Crippen LogP contribution in [0.25, 0.3) is 10.9 Å². The first kappa shape index (κ1) is 25.4. The van der Waals surface area contributed by atoms with Crippen molar-refractivity contribution in [3.8, 4) is 5.75 Å². The number of aliphatic hydroxyl groups is 1. The molecule has 7 heteroatoms. The van der Waals surface area contributed by atoms with Crippen LogP contribution >= 0.6 is 0 Å². The molecule has 35 heavy (non-hydrogen) atoms. The van der Waals surface area contributed by atoms with Crippen LogP contribution in [0, 0.1) is 6.92 Å². The van der Waals surface area contributed by atoms with Crippen LogP contribution in [0.2, 0.25) is 5.04 Å². The minimum Gasteiger partial charge on any atom is -0.489 e. The molecule has 1 unspecified atom stereocenters. The molecular weight excluding hydrogens is 456 g/mol. The smallest absolute Gasteiger partial charge is 0.236 e. The number of fused-ring (bicyclic) bond motifs is 1. The lowest BCUT2D eigenvalue weighted by Gasteiger charge is -2.41. The van der Waals surface area contributed by atoms with Crippen LogP contribution in [-0.4, -0.2) is 43.4 Å². The van der Waals surface area contributed by atoms with Gasteiger partial charge in [0, 0.05) is 23.1 Å². The summed E-state index contributed by atoms with van der Waals surface area (Å²) in [6.07, 6.45) is 0.466. The first-order chi connectivity index (χ1) is 16.5. The molecule has 6 nitrogen and oxygen atoms in total. The average Bonchev–Trinajstić information content (AvgIpc) is 3.28. The first-order valence-corrected chi connectivity index (χ1v) is 12.8. The molecule has 0 aliphatic carbocycles. The average molecular weight is 491 g/mol. The Kier molecular flexibility index (Phi) is 7.04. The molecule has 4 rings (SSSR count). The Morgan fingerprint density at radius 1 is 1.06 bits per heavy atom. The van der Waals surface area contributed by atoms with Gasteiger partial charge in [0.2, 0.25) is 9.76 Å². The summed E-state index contributed by atoms with van der Waals surface area (Å²) in [6, 6.07) is 18.0. The molecule has 0 saturated carbocycles. The molecule has 1 aliphatic heterocycles. The number of aromatic nitrogens is 1. The highest BCUT2D eigenvalue weighted by atomic mass is 28.2. The number of hydrogen-bond acceptors (Lipinski definition) is 6. The molecule has 2 heterocycles. The lowest BCUT2D eigenvalue weighted by Crippen LogP contribution is -2.55. The van der Waals surface area contributed by atoms with Crippen LogP contribution < -0.4 is 4.74 Å². The van der Waals surface area contributed by atoms with Crippen molar-refractivity contribution in [2.45, 2.75) is 70.8 Å². The van der Waals surface area contributed by atoms with E-state index in [9.17, 15) is 5.11 Å². The van der Waals surface area contributed by atoms with E-state index in [1.54, 1.807) is 0 Å². The maximum Gasteiger partial charge on any atom is 0.236 e. The predicted octanol–water partition coefficient (Wildman–Crippen LogP) is 5.61. The number of oxime groups is 1. The van der Waals surface area contributed by atoms with Gasteiger partial charge in [-0.25, -0.2) is 0 Å². The van der Waals surface area contributed by atoms with Crippen LogP contribution in [0.5, 0.6) is 5.75 Å². The predicted molar refractivity (Wildman–Crippen MR) is 140 cm³/mol. The molecule has 2 aromatic carbocycles. The van der Waals surface area contributed by atoms with E-state index >= 15 is 0 Å². The lowest BCUT2D eigenvalue weighted by molar-refractivity contribution is -0.162. The number of para-hydroxylation sites is 1. The topological polar surface area (TPSA) is 73.2 Å². The molecule has 2 radical (unpaired) electrons. The Morgan fingerprint density at radius 2 is 1.77 bits per heavy atom. The fraction of sp³-hybridized carbons (Fsp3) is 0.429. The van der Waals surface area contributed by atoms with Gasteiger partial charge in [0.1, 0.15) is 12.4 Å². The minimum atomic E-state index is -0.921. The number of benzene rings is 2. The summed E-state index contributed by atoms with van der Waals surface area (Å²) in [4.78, 5) is 10.5. The lowest BCUT2D eigenvalue weighted by atomic mass is 9.81. The number of nitrogens with zero attached hydrogens (tertiary/aromatic N) is 2. The largest absolute Gasteiger partial charge is 0.489 e. The van der Waals surface area contributed by atoms with Crippen molar-refractivity contribution in [3.05, 3.63) is 71.4 Å². The van der Waals surface area contributed by atoms with Crippen molar-refractivity contribution in [1.82, 2.24) is 4.98 Å². The van der Waals surface area contributed by atoms with Crippen LogP contribution in [0.3, 0.4) is 0 Å². The van der Waals surface area contributed by atoms with Crippen LogP contribution in [0.15, 0.2) is 59.8 Å². The normalized spacial score (nSPS) is 18.4. The van der Waals surface area contributed by atoms with E-state index in [1.807, 2.05) is 63.2 Å². The molecule has 0 spiro atoms. The van der Waals surface area contributed by atoms with Crippen molar-refractivity contribution < 1.29 is 19.1 Å². The molecule has 1 atom stereocenters. The Morgan fingerprint density at radius 3 is 2.46 bits per heavy atom. The van der Waals surface area contributed by atoms with E-state index in [0.717, 1.165) is 39.2 Å². The van der Waals surface area contributed by atoms with Crippen molar-refractivity contribution in [2.24, 2.45) is 5.16 Å². The number of aliphatic hydroxyl groups excluding tert-OH is 1. The second-order valence-corrected chi connectivity index (χ2v) is 12.6. The van der Waals surface area contributed by atoms with Gasteiger partial charge in [-0.05, 0) is 67.8 Å². The number of rotatable bonds is 8. The quantitative estimate of drug-likeness (QED) is 0.416. The molecular formula is C28H34N2O4Si. The number of hydrogen-bond donors (Lipinski definition) is 1. The summed E-state index contributed by atoms with van der Waals surface area (Å²) in [5, 5.41) is 15.7. The second-order valence-electron chi connectivity index (χ2n) is 10.7. The Balaban J connectivity index is 1.43. The molecule has 1 aliphatic rings. The summed E-state index contributed by atoms with van der Waals surface area (Å²) >= 11 is 0. The van der Waals surface area contributed by atoms with Crippen LogP contribution in [-0.2, 0) is 15.9 Å². The van der Waals surface area contributed by atoms with Crippen molar-refractivity contribution in [3.63, 3.8) is 0 Å². The van der Waals surface area contributed by atoms with Gasteiger partial charge in [-0.15, -0.1) is 0 Å². The van der Waals surface area contributed by atoms with E-state index < -0.39 is 11.2 Å². The van der Waals surface area contributed by atoms with Crippen molar-refractivity contribution >= 4 is 26.4 Å². The van der Waals surface area contributed by atoms with Gasteiger partial charge in [0.25, 0.3) is 0 Å². The number of ether oxygens (including phenoxy) is 1. The molecule has 0 bridgehead atoms. The SMILES string of the molecule is Cc1cc(COc2ccc(C3=NOC(CO)(C(C)(C)O[Si]C(C)(C)C)C3)cc2)c2ccccc2n1. The molecule has 0 saturated heterocycles. The highest BCUT2D eigenvalue weighted by molar-refractivity contribution is 6.31. The van der Waals surface area contributed by atoms with E-state index in [0.29, 0.717) is 13.0 Å². The molecule has 0 fully saturated rings. The zero-order valence-corrected chi connectivity index (χ0v) is 22.4. The molecule has 0 amide bonds. The third-order valence-electron chi connectivity index (χ3n) is 6.26. The van der Waals surface area contributed by atoms with Gasteiger partial charge in [-0.2, -0.15) is 0 Å². The molecule has 1 N–H and O–H groups in total. The van der Waals surface area contributed by atoms with Gasteiger partial charge >= 0.3 is 0 Å². The fourth-order valence-corrected chi connectivity index (χ4v) is 4.77. The Bertz CT molecular complexity index is 1220.